The number of hydrogen-bond donors (Lipinski definition) is 4. The molecule has 1 aromatic rings. The van der Waals surface area contributed by atoms with Crippen LogP contribution in [0.2, 0.25) is 0 Å². The number of carboxylic acid groups (broad SMARTS) is 1. The number of amides is 4. The van der Waals surface area contributed by atoms with Crippen molar-refractivity contribution in [3.8, 4) is 0 Å². The molecule has 5 N–H and O–H groups in total. The van der Waals surface area contributed by atoms with E-state index in [2.05, 4.69) is 10.6 Å². The van der Waals surface area contributed by atoms with Gasteiger partial charge in [-0.1, -0.05) is 50.5 Å². The number of benzene rings is 1. The Balaban J connectivity index is 1.58. The highest BCUT2D eigenvalue weighted by Gasteiger charge is 2.44. The summed E-state index contributed by atoms with van der Waals surface area (Å²) >= 11 is 0. The van der Waals surface area contributed by atoms with Crippen LogP contribution in [0.25, 0.3) is 0 Å². The third-order valence-corrected chi connectivity index (χ3v) is 7.99. The number of aliphatic carboxylic acids is 1. The van der Waals surface area contributed by atoms with E-state index >= 15 is 0 Å². The first-order valence-electron chi connectivity index (χ1n) is 14.7. The zero-order valence-electron chi connectivity index (χ0n) is 23.5. The van der Waals surface area contributed by atoms with E-state index in [9.17, 15) is 24.0 Å². The number of aryl methyl sites for hydroxylation is 2. The molecule has 1 aromatic carbocycles. The van der Waals surface area contributed by atoms with Crippen LogP contribution < -0.4 is 16.4 Å². The molecule has 0 bridgehead atoms. The monoisotopic (exact) mass is 556 g/mol. The van der Waals surface area contributed by atoms with E-state index in [1.54, 1.807) is 4.90 Å². The van der Waals surface area contributed by atoms with E-state index in [-0.39, 0.29) is 49.1 Å². The summed E-state index contributed by atoms with van der Waals surface area (Å²) in [5.41, 5.74) is 7.21. The fraction of sp³-hybridized carbons (Fsp3) is 0.633. The number of rotatable bonds is 14. The van der Waals surface area contributed by atoms with Crippen LogP contribution in [0.3, 0.4) is 0 Å². The van der Waals surface area contributed by atoms with E-state index in [0.717, 1.165) is 49.7 Å². The van der Waals surface area contributed by atoms with Crippen molar-refractivity contribution in [3.63, 3.8) is 0 Å². The van der Waals surface area contributed by atoms with Gasteiger partial charge >= 0.3 is 5.97 Å². The molecule has 10 heteroatoms. The van der Waals surface area contributed by atoms with Gasteiger partial charge in [-0.05, 0) is 62.5 Å². The maximum Gasteiger partial charge on any atom is 0.303 e. The molecule has 0 radical (unpaired) electrons. The molecule has 2 aliphatic heterocycles. The van der Waals surface area contributed by atoms with E-state index in [1.165, 1.54) is 0 Å². The summed E-state index contributed by atoms with van der Waals surface area (Å²) < 4.78 is 0. The van der Waals surface area contributed by atoms with E-state index in [4.69, 9.17) is 10.8 Å². The van der Waals surface area contributed by atoms with Crippen molar-refractivity contribution in [2.75, 3.05) is 0 Å². The second-order valence-electron chi connectivity index (χ2n) is 11.1. The van der Waals surface area contributed by atoms with Gasteiger partial charge in [-0.25, -0.2) is 0 Å². The minimum atomic E-state index is -0.836. The quantitative estimate of drug-likeness (QED) is 0.276. The average Bonchev–Trinajstić information content (AvgIpc) is 3.34. The van der Waals surface area contributed by atoms with Crippen molar-refractivity contribution in [3.05, 3.63) is 35.4 Å². The fourth-order valence-electron chi connectivity index (χ4n) is 5.82. The van der Waals surface area contributed by atoms with Gasteiger partial charge in [0.1, 0.15) is 12.1 Å². The zero-order valence-corrected chi connectivity index (χ0v) is 23.5. The third kappa shape index (κ3) is 9.34. The molecule has 3 rings (SSSR count). The number of nitrogens with two attached hydrogens (primary N) is 1. The first-order chi connectivity index (χ1) is 19.2. The number of carbonyl (C=O) groups is 5. The molecular formula is C30H44N4O6. The predicted octanol–water partition coefficient (Wildman–Crippen LogP) is 2.61. The second kappa shape index (κ2) is 15.4. The van der Waals surface area contributed by atoms with Gasteiger partial charge in [-0.2, -0.15) is 0 Å². The number of fused-ring (bicyclic) bond motifs is 1. The molecule has 4 atom stereocenters. The van der Waals surface area contributed by atoms with Gasteiger partial charge in [0.25, 0.3) is 0 Å². The summed E-state index contributed by atoms with van der Waals surface area (Å²) in [6, 6.07) is 6.13. The average molecular weight is 557 g/mol. The Bertz CT molecular complexity index is 1040. The topological polar surface area (TPSA) is 159 Å². The summed E-state index contributed by atoms with van der Waals surface area (Å²) in [6.45, 7) is 2.02. The van der Waals surface area contributed by atoms with Crippen LogP contribution in [-0.4, -0.2) is 63.8 Å². The number of nitrogens with one attached hydrogen (secondary N) is 2. The summed E-state index contributed by atoms with van der Waals surface area (Å²) in [4.78, 5) is 63.6. The van der Waals surface area contributed by atoms with Crippen molar-refractivity contribution in [1.82, 2.24) is 15.5 Å². The highest BCUT2D eigenvalue weighted by Crippen LogP contribution is 2.31. The van der Waals surface area contributed by atoms with Crippen LogP contribution in [0.15, 0.2) is 24.3 Å². The van der Waals surface area contributed by atoms with Gasteiger partial charge in [0, 0.05) is 31.3 Å². The molecule has 0 saturated carbocycles. The van der Waals surface area contributed by atoms with Crippen LogP contribution in [0.4, 0.5) is 0 Å². The number of carboxylic acids is 1. The number of primary amides is 1. The lowest BCUT2D eigenvalue weighted by molar-refractivity contribution is -0.144. The molecule has 40 heavy (non-hydrogen) atoms. The molecule has 10 nitrogen and oxygen atoms in total. The molecule has 2 saturated heterocycles. The Kier molecular flexibility index (Phi) is 12.0. The van der Waals surface area contributed by atoms with E-state index < -0.39 is 24.0 Å². The molecule has 2 aliphatic rings. The van der Waals surface area contributed by atoms with Gasteiger partial charge < -0.3 is 26.4 Å². The summed E-state index contributed by atoms with van der Waals surface area (Å²) in [7, 11) is 0. The van der Waals surface area contributed by atoms with E-state index in [1.807, 2.05) is 31.2 Å². The van der Waals surface area contributed by atoms with Crippen molar-refractivity contribution in [2.24, 2.45) is 5.73 Å². The lowest BCUT2D eigenvalue weighted by Crippen LogP contribution is -2.57. The van der Waals surface area contributed by atoms with Crippen LogP contribution >= 0.6 is 0 Å². The molecule has 2 fully saturated rings. The first-order valence-corrected chi connectivity index (χ1v) is 14.7. The minimum absolute atomic E-state index is 0.0159. The maximum absolute atomic E-state index is 13.7. The van der Waals surface area contributed by atoms with Gasteiger partial charge in [0.2, 0.25) is 23.6 Å². The molecule has 4 unspecified atom stereocenters. The van der Waals surface area contributed by atoms with Crippen molar-refractivity contribution in [2.45, 2.75) is 121 Å². The molecule has 0 aliphatic carbocycles. The predicted molar refractivity (Wildman–Crippen MR) is 150 cm³/mol. The van der Waals surface area contributed by atoms with Crippen LogP contribution in [-0.2, 0) is 36.8 Å². The van der Waals surface area contributed by atoms with Crippen LogP contribution in [0, 0.1) is 0 Å². The van der Waals surface area contributed by atoms with Crippen molar-refractivity contribution in [1.29, 1.82) is 0 Å². The SMILES string of the molecule is CCCC(CCC(N)=O)NC(=O)C1CCC2CCCCC(NC(=O)CCc3ccc(CCC(=O)O)cc3)C(=O)N21. The standard InChI is InChI=1S/C30H44N4O6/c1-2-5-22(14-17-26(31)35)32-29(39)25-16-15-23-6-3-4-7-24(30(40)34(23)25)33-27(36)18-12-20-8-10-21(11-9-20)13-19-28(37)38/h8-11,22-25H,2-7,12-19H2,1H3,(H2,31,35)(H,32,39)(H,33,36)(H,37,38). The number of carbonyl (C=O) groups excluding carboxylic acids is 4. The summed E-state index contributed by atoms with van der Waals surface area (Å²) in [6.07, 6.45) is 8.01. The summed E-state index contributed by atoms with van der Waals surface area (Å²) in [5.74, 6) is -1.84. The number of hydrogen-bond acceptors (Lipinski definition) is 5. The lowest BCUT2D eigenvalue weighted by Gasteiger charge is -2.35. The highest BCUT2D eigenvalue weighted by molar-refractivity contribution is 5.93. The second-order valence-corrected chi connectivity index (χ2v) is 11.1. The van der Waals surface area contributed by atoms with Crippen molar-refractivity contribution >= 4 is 29.6 Å². The summed E-state index contributed by atoms with van der Waals surface area (Å²) in [5, 5.41) is 14.8. The Morgan fingerprint density at radius 1 is 0.950 bits per heavy atom. The Hall–Kier alpha value is -3.43. The molecule has 220 valence electrons. The van der Waals surface area contributed by atoms with E-state index in [0.29, 0.717) is 32.1 Å². The van der Waals surface area contributed by atoms with Crippen molar-refractivity contribution < 1.29 is 29.1 Å². The first kappa shape index (κ1) is 31.1. The van der Waals surface area contributed by atoms with Crippen LogP contribution in [0.5, 0.6) is 0 Å². The third-order valence-electron chi connectivity index (χ3n) is 7.99. The minimum Gasteiger partial charge on any atom is -0.481 e. The Morgan fingerprint density at radius 2 is 1.60 bits per heavy atom. The molecule has 2 heterocycles. The fourth-order valence-corrected chi connectivity index (χ4v) is 5.82. The molecule has 0 spiro atoms. The van der Waals surface area contributed by atoms with Gasteiger partial charge in [0.15, 0.2) is 0 Å². The van der Waals surface area contributed by atoms with Gasteiger partial charge in [-0.15, -0.1) is 0 Å². The van der Waals surface area contributed by atoms with Gasteiger partial charge in [-0.3, -0.25) is 24.0 Å². The largest absolute Gasteiger partial charge is 0.481 e. The molecule has 4 amide bonds. The Labute approximate surface area is 236 Å². The number of nitrogens with zero attached hydrogens (tertiary/aromatic N) is 1. The van der Waals surface area contributed by atoms with Crippen LogP contribution in [0.1, 0.15) is 95.1 Å². The molecule has 0 aromatic heterocycles. The van der Waals surface area contributed by atoms with Gasteiger partial charge in [0.05, 0.1) is 0 Å². The maximum atomic E-state index is 13.7. The smallest absolute Gasteiger partial charge is 0.303 e. The zero-order chi connectivity index (χ0) is 29.1. The highest BCUT2D eigenvalue weighted by atomic mass is 16.4. The molecular weight excluding hydrogens is 512 g/mol. The normalized spacial score (nSPS) is 21.6. The lowest BCUT2D eigenvalue weighted by atomic mass is 9.98. The Morgan fingerprint density at radius 3 is 2.23 bits per heavy atom.